The van der Waals surface area contributed by atoms with Crippen molar-refractivity contribution in [1.82, 2.24) is 14.1 Å². The van der Waals surface area contributed by atoms with E-state index >= 15 is 0 Å². The van der Waals surface area contributed by atoms with E-state index in [2.05, 4.69) is 5.10 Å². The maximum absolute atomic E-state index is 13.5. The van der Waals surface area contributed by atoms with Crippen LogP contribution in [-0.4, -0.2) is 29.0 Å². The number of sulfonamides is 1. The number of halogens is 1. The average molecular weight is 323 g/mol. The highest BCUT2D eigenvalue weighted by Crippen LogP contribution is 2.40. The van der Waals surface area contributed by atoms with Gasteiger partial charge in [0.25, 0.3) is 0 Å². The van der Waals surface area contributed by atoms with E-state index in [-0.39, 0.29) is 22.7 Å². The van der Waals surface area contributed by atoms with Crippen molar-refractivity contribution in [2.24, 2.45) is 13.0 Å². The summed E-state index contributed by atoms with van der Waals surface area (Å²) in [6.45, 7) is 2.42. The molecule has 2 unspecified atom stereocenters. The van der Waals surface area contributed by atoms with Crippen molar-refractivity contribution in [1.29, 1.82) is 0 Å². The molecule has 0 N–H and O–H groups in total. The van der Waals surface area contributed by atoms with Crippen LogP contribution < -0.4 is 0 Å². The molecule has 1 aliphatic rings. The lowest BCUT2D eigenvalue weighted by atomic mass is 9.96. The Bertz CT molecular complexity index is 788. The van der Waals surface area contributed by atoms with E-state index < -0.39 is 10.0 Å². The summed E-state index contributed by atoms with van der Waals surface area (Å²) in [5, 5.41) is 3.94. The van der Waals surface area contributed by atoms with Gasteiger partial charge in [-0.05, 0) is 30.0 Å². The molecule has 1 fully saturated rings. The minimum absolute atomic E-state index is 0.133. The van der Waals surface area contributed by atoms with Crippen molar-refractivity contribution >= 4 is 10.0 Å². The lowest BCUT2D eigenvalue weighted by Gasteiger charge is -2.26. The number of benzene rings is 1. The van der Waals surface area contributed by atoms with Gasteiger partial charge in [0.15, 0.2) is 0 Å². The Morgan fingerprint density at radius 3 is 2.77 bits per heavy atom. The van der Waals surface area contributed by atoms with Crippen molar-refractivity contribution in [3.05, 3.63) is 48.0 Å². The minimum atomic E-state index is -3.63. The van der Waals surface area contributed by atoms with Gasteiger partial charge in [0.05, 0.1) is 12.2 Å². The van der Waals surface area contributed by atoms with Gasteiger partial charge in [-0.15, -0.1) is 0 Å². The third kappa shape index (κ3) is 2.55. The SMILES string of the molecule is CC1CCN(S(=O)(=O)c2cnn(C)c2)C1c1cccc(F)c1. The summed E-state index contributed by atoms with van der Waals surface area (Å²) in [6.07, 6.45) is 3.59. The number of nitrogens with zero attached hydrogens (tertiary/aromatic N) is 3. The number of aryl methyl sites for hydroxylation is 1. The molecule has 2 aromatic rings. The Morgan fingerprint density at radius 1 is 1.36 bits per heavy atom. The molecular weight excluding hydrogens is 305 g/mol. The average Bonchev–Trinajstić information content (AvgIpc) is 3.05. The number of aromatic nitrogens is 2. The first-order valence-corrected chi connectivity index (χ1v) is 8.59. The highest BCUT2D eigenvalue weighted by molar-refractivity contribution is 7.89. The van der Waals surface area contributed by atoms with Gasteiger partial charge in [0.1, 0.15) is 10.7 Å². The van der Waals surface area contributed by atoms with Gasteiger partial charge < -0.3 is 0 Å². The molecule has 1 aliphatic heterocycles. The zero-order valence-electron chi connectivity index (χ0n) is 12.5. The van der Waals surface area contributed by atoms with Crippen molar-refractivity contribution < 1.29 is 12.8 Å². The molecule has 7 heteroatoms. The van der Waals surface area contributed by atoms with Crippen molar-refractivity contribution in [3.63, 3.8) is 0 Å². The minimum Gasteiger partial charge on any atom is -0.274 e. The van der Waals surface area contributed by atoms with Crippen LogP contribution in [0.3, 0.4) is 0 Å². The predicted octanol–water partition coefficient (Wildman–Crippen LogP) is 2.33. The molecule has 0 amide bonds. The maximum Gasteiger partial charge on any atom is 0.246 e. The molecule has 22 heavy (non-hydrogen) atoms. The van der Waals surface area contributed by atoms with Crippen LogP contribution in [0, 0.1) is 11.7 Å². The molecule has 1 aromatic heterocycles. The van der Waals surface area contributed by atoms with Gasteiger partial charge in [-0.2, -0.15) is 9.40 Å². The summed E-state index contributed by atoms with van der Waals surface area (Å²) < 4.78 is 42.1. The summed E-state index contributed by atoms with van der Waals surface area (Å²) in [6, 6.07) is 5.83. The zero-order valence-corrected chi connectivity index (χ0v) is 13.3. The molecule has 2 heterocycles. The number of rotatable bonds is 3. The van der Waals surface area contributed by atoms with Gasteiger partial charge in [0, 0.05) is 19.8 Å². The van der Waals surface area contributed by atoms with Crippen LogP contribution in [0.4, 0.5) is 4.39 Å². The monoisotopic (exact) mass is 323 g/mol. The predicted molar refractivity (Wildman–Crippen MR) is 80.0 cm³/mol. The largest absolute Gasteiger partial charge is 0.274 e. The fourth-order valence-electron chi connectivity index (χ4n) is 3.03. The second-order valence-corrected chi connectivity index (χ2v) is 7.62. The normalized spacial score (nSPS) is 23.0. The molecule has 0 bridgehead atoms. The van der Waals surface area contributed by atoms with Crippen LogP contribution in [0.2, 0.25) is 0 Å². The quantitative estimate of drug-likeness (QED) is 0.871. The first-order chi connectivity index (χ1) is 10.4. The Hall–Kier alpha value is -1.73. The molecule has 0 aliphatic carbocycles. The fraction of sp³-hybridized carbons (Fsp3) is 0.400. The smallest absolute Gasteiger partial charge is 0.246 e. The molecule has 1 aromatic carbocycles. The number of hydrogen-bond acceptors (Lipinski definition) is 3. The molecule has 5 nitrogen and oxygen atoms in total. The molecule has 118 valence electrons. The summed E-state index contributed by atoms with van der Waals surface area (Å²) in [7, 11) is -1.96. The standard InChI is InChI=1S/C15H18FN3O2S/c1-11-6-7-19(15(11)12-4-3-5-13(16)8-12)22(20,21)14-9-17-18(2)10-14/h3-5,8-11,15H,6-7H2,1-2H3. The first-order valence-electron chi connectivity index (χ1n) is 7.15. The van der Waals surface area contributed by atoms with Gasteiger partial charge >= 0.3 is 0 Å². The Labute approximate surface area is 129 Å². The second-order valence-electron chi connectivity index (χ2n) is 5.73. The molecule has 0 radical (unpaired) electrons. The molecule has 0 saturated carbocycles. The van der Waals surface area contributed by atoms with Crippen LogP contribution >= 0.6 is 0 Å². The van der Waals surface area contributed by atoms with Crippen LogP contribution in [0.15, 0.2) is 41.6 Å². The van der Waals surface area contributed by atoms with Crippen molar-refractivity contribution in [3.8, 4) is 0 Å². The number of hydrogen-bond donors (Lipinski definition) is 0. The second kappa shape index (κ2) is 5.48. The summed E-state index contributed by atoms with van der Waals surface area (Å²) >= 11 is 0. The molecule has 2 atom stereocenters. The third-order valence-corrected chi connectivity index (χ3v) is 5.97. The topological polar surface area (TPSA) is 55.2 Å². The van der Waals surface area contributed by atoms with Crippen LogP contribution in [-0.2, 0) is 17.1 Å². The summed E-state index contributed by atoms with van der Waals surface area (Å²) in [4.78, 5) is 0.172. The Balaban J connectivity index is 2.02. The van der Waals surface area contributed by atoms with E-state index in [9.17, 15) is 12.8 Å². The van der Waals surface area contributed by atoms with Crippen molar-refractivity contribution in [2.45, 2.75) is 24.3 Å². The van der Waals surface area contributed by atoms with Crippen LogP contribution in [0.25, 0.3) is 0 Å². The molecular formula is C15H18FN3O2S. The Morgan fingerprint density at radius 2 is 2.14 bits per heavy atom. The van der Waals surface area contributed by atoms with Crippen LogP contribution in [0.5, 0.6) is 0 Å². The highest BCUT2D eigenvalue weighted by Gasteiger charge is 2.41. The highest BCUT2D eigenvalue weighted by atomic mass is 32.2. The molecule has 3 rings (SSSR count). The zero-order chi connectivity index (χ0) is 15.9. The lowest BCUT2D eigenvalue weighted by Crippen LogP contribution is -2.31. The first kappa shape index (κ1) is 15.2. The van der Waals surface area contributed by atoms with Gasteiger partial charge in [0.2, 0.25) is 10.0 Å². The van der Waals surface area contributed by atoms with E-state index in [1.54, 1.807) is 19.2 Å². The summed E-state index contributed by atoms with van der Waals surface area (Å²) in [5.41, 5.74) is 0.692. The van der Waals surface area contributed by atoms with E-state index in [1.165, 1.54) is 33.5 Å². The Kier molecular flexibility index (Phi) is 3.78. The van der Waals surface area contributed by atoms with E-state index in [0.29, 0.717) is 12.1 Å². The van der Waals surface area contributed by atoms with Gasteiger partial charge in [-0.1, -0.05) is 19.1 Å². The maximum atomic E-state index is 13.5. The molecule has 0 spiro atoms. The van der Waals surface area contributed by atoms with Crippen LogP contribution in [0.1, 0.15) is 24.9 Å². The van der Waals surface area contributed by atoms with Gasteiger partial charge in [-0.25, -0.2) is 12.8 Å². The van der Waals surface area contributed by atoms with E-state index in [1.807, 2.05) is 6.92 Å². The fourth-order valence-corrected chi connectivity index (χ4v) is 4.75. The molecule has 1 saturated heterocycles. The van der Waals surface area contributed by atoms with E-state index in [4.69, 9.17) is 0 Å². The summed E-state index contributed by atoms with van der Waals surface area (Å²) in [5.74, 6) is -0.219. The van der Waals surface area contributed by atoms with E-state index in [0.717, 1.165) is 6.42 Å². The third-order valence-electron chi connectivity index (χ3n) is 4.13. The van der Waals surface area contributed by atoms with Gasteiger partial charge in [-0.3, -0.25) is 4.68 Å². The van der Waals surface area contributed by atoms with Crippen molar-refractivity contribution in [2.75, 3.05) is 6.54 Å². The lowest BCUT2D eigenvalue weighted by molar-refractivity contribution is 0.356.